The molecule has 94 valence electrons. The van der Waals surface area contributed by atoms with Gasteiger partial charge in [0.25, 0.3) is 0 Å². The normalized spacial score (nSPS) is 22.2. The molecule has 0 aromatic heterocycles. The number of hydrogen-bond acceptors (Lipinski definition) is 3. The first-order chi connectivity index (χ1) is 7.84. The molecule has 5 heteroatoms. The summed E-state index contributed by atoms with van der Waals surface area (Å²) >= 11 is 0. The second-order valence-corrected chi connectivity index (χ2v) is 6.08. The number of rotatable bonds is 6. The van der Waals surface area contributed by atoms with E-state index in [9.17, 15) is 4.89 Å². The van der Waals surface area contributed by atoms with E-state index in [0.29, 0.717) is 25.0 Å². The molecule has 0 aliphatic heterocycles. The van der Waals surface area contributed by atoms with Crippen LogP contribution in [0.5, 0.6) is 0 Å². The van der Waals surface area contributed by atoms with Crippen molar-refractivity contribution >= 4 is 8.60 Å². The second kappa shape index (κ2) is 9.25. The third kappa shape index (κ3) is 6.33. The maximum atomic E-state index is 11.5. The van der Waals surface area contributed by atoms with Gasteiger partial charge in [-0.3, -0.25) is 0 Å². The van der Waals surface area contributed by atoms with Gasteiger partial charge in [-0.1, -0.05) is 25.7 Å². The maximum Gasteiger partial charge on any atom is 1.00 e. The van der Waals surface area contributed by atoms with Crippen LogP contribution in [0.4, 0.5) is 0 Å². The van der Waals surface area contributed by atoms with E-state index in [1.165, 1.54) is 51.4 Å². The molecular formula is C12H22NaO3P. The van der Waals surface area contributed by atoms with E-state index in [2.05, 4.69) is 0 Å². The van der Waals surface area contributed by atoms with Gasteiger partial charge < -0.3 is 13.9 Å². The molecule has 0 bridgehead atoms. The molecule has 2 aliphatic rings. The van der Waals surface area contributed by atoms with Crippen LogP contribution in [0, 0.1) is 11.8 Å². The summed E-state index contributed by atoms with van der Waals surface area (Å²) in [5.41, 5.74) is 0. The third-order valence-electron chi connectivity index (χ3n) is 3.78. The molecule has 0 amide bonds. The van der Waals surface area contributed by atoms with E-state index in [1.54, 1.807) is 0 Å². The second-order valence-electron chi connectivity index (χ2n) is 5.12. The number of hydrogen-bond donors (Lipinski definition) is 0. The molecule has 17 heavy (non-hydrogen) atoms. The summed E-state index contributed by atoms with van der Waals surface area (Å²) in [4.78, 5) is 11.5. The van der Waals surface area contributed by atoms with Crippen molar-refractivity contribution in [2.24, 2.45) is 11.8 Å². The average molecular weight is 268 g/mol. The van der Waals surface area contributed by atoms with Gasteiger partial charge in [0.15, 0.2) is 0 Å². The van der Waals surface area contributed by atoms with E-state index in [4.69, 9.17) is 9.05 Å². The molecule has 0 unspecified atom stereocenters. The van der Waals surface area contributed by atoms with Crippen molar-refractivity contribution in [1.29, 1.82) is 0 Å². The van der Waals surface area contributed by atoms with Gasteiger partial charge in [-0.2, -0.15) is 0 Å². The Bertz CT molecular complexity index is 174. The Morgan fingerprint density at radius 1 is 0.824 bits per heavy atom. The SMILES string of the molecule is [Na+].[O-]P(OCC1CCCC1)OCC1CCCC1. The fourth-order valence-corrected chi connectivity index (χ4v) is 3.46. The van der Waals surface area contributed by atoms with Crippen LogP contribution < -0.4 is 34.5 Å². The summed E-state index contributed by atoms with van der Waals surface area (Å²) < 4.78 is 10.5. The fraction of sp³-hybridized carbons (Fsp3) is 1.00. The Balaban J connectivity index is 0.00000144. The van der Waals surface area contributed by atoms with Crippen molar-refractivity contribution in [3.63, 3.8) is 0 Å². The summed E-state index contributed by atoms with van der Waals surface area (Å²) in [6.07, 6.45) is 10.1. The van der Waals surface area contributed by atoms with Crippen molar-refractivity contribution < 1.29 is 43.5 Å². The molecular weight excluding hydrogens is 246 g/mol. The Kier molecular flexibility index (Phi) is 8.91. The Labute approximate surface area is 128 Å². The molecule has 0 saturated heterocycles. The molecule has 2 aliphatic carbocycles. The van der Waals surface area contributed by atoms with Gasteiger partial charge >= 0.3 is 29.6 Å². The minimum absolute atomic E-state index is 0. The van der Waals surface area contributed by atoms with Gasteiger partial charge in [0.1, 0.15) is 0 Å². The smallest absolute Gasteiger partial charge is 0.786 e. The molecule has 0 spiro atoms. The van der Waals surface area contributed by atoms with Crippen LogP contribution in [0.25, 0.3) is 0 Å². The van der Waals surface area contributed by atoms with Crippen LogP contribution in [-0.2, 0) is 9.05 Å². The Hall–Kier alpha value is 1.31. The summed E-state index contributed by atoms with van der Waals surface area (Å²) in [5, 5.41) is 0. The van der Waals surface area contributed by atoms with Crippen LogP contribution in [0.3, 0.4) is 0 Å². The molecule has 2 saturated carbocycles. The first-order valence-electron chi connectivity index (χ1n) is 6.57. The van der Waals surface area contributed by atoms with Crippen LogP contribution in [0.2, 0.25) is 0 Å². The van der Waals surface area contributed by atoms with E-state index in [1.807, 2.05) is 0 Å². The van der Waals surface area contributed by atoms with E-state index < -0.39 is 8.60 Å². The fourth-order valence-electron chi connectivity index (χ4n) is 2.72. The van der Waals surface area contributed by atoms with Crippen molar-refractivity contribution in [1.82, 2.24) is 0 Å². The zero-order valence-electron chi connectivity index (χ0n) is 10.9. The van der Waals surface area contributed by atoms with Crippen LogP contribution in [0.15, 0.2) is 0 Å². The summed E-state index contributed by atoms with van der Waals surface area (Å²) in [7, 11) is -1.86. The predicted octanol–water partition coefficient (Wildman–Crippen LogP) is -0.00880. The van der Waals surface area contributed by atoms with Gasteiger partial charge in [0.05, 0.1) is 21.8 Å². The molecule has 0 N–H and O–H groups in total. The van der Waals surface area contributed by atoms with E-state index >= 15 is 0 Å². The zero-order chi connectivity index (χ0) is 11.2. The first kappa shape index (κ1) is 16.4. The largest absolute Gasteiger partial charge is 1.00 e. The van der Waals surface area contributed by atoms with E-state index in [0.717, 1.165) is 0 Å². The van der Waals surface area contributed by atoms with Crippen LogP contribution in [-0.4, -0.2) is 13.2 Å². The zero-order valence-corrected chi connectivity index (χ0v) is 13.8. The van der Waals surface area contributed by atoms with Gasteiger partial charge in [-0.25, -0.2) is 0 Å². The molecule has 0 heterocycles. The van der Waals surface area contributed by atoms with E-state index in [-0.39, 0.29) is 29.6 Å². The van der Waals surface area contributed by atoms with Gasteiger partial charge in [-0.05, 0) is 37.5 Å². The summed E-state index contributed by atoms with van der Waals surface area (Å²) in [5.74, 6) is 1.24. The van der Waals surface area contributed by atoms with Gasteiger partial charge in [-0.15, -0.1) is 0 Å². The van der Waals surface area contributed by atoms with Gasteiger partial charge in [0.2, 0.25) is 0 Å². The maximum absolute atomic E-state index is 11.5. The molecule has 0 radical (unpaired) electrons. The third-order valence-corrected chi connectivity index (χ3v) is 4.50. The molecule has 3 nitrogen and oxygen atoms in total. The quantitative estimate of drug-likeness (QED) is 0.502. The van der Waals surface area contributed by atoms with Crippen molar-refractivity contribution in [2.45, 2.75) is 51.4 Å². The molecule has 0 atom stereocenters. The van der Waals surface area contributed by atoms with Gasteiger partial charge in [0, 0.05) is 0 Å². The minimum atomic E-state index is -1.86. The Morgan fingerprint density at radius 2 is 1.18 bits per heavy atom. The Morgan fingerprint density at radius 3 is 1.53 bits per heavy atom. The topological polar surface area (TPSA) is 41.5 Å². The minimum Gasteiger partial charge on any atom is -0.786 e. The van der Waals surface area contributed by atoms with Crippen molar-refractivity contribution in [2.75, 3.05) is 13.2 Å². The van der Waals surface area contributed by atoms with Crippen molar-refractivity contribution in [3.8, 4) is 0 Å². The average Bonchev–Trinajstić information content (AvgIpc) is 2.96. The van der Waals surface area contributed by atoms with Crippen molar-refractivity contribution in [3.05, 3.63) is 0 Å². The predicted molar refractivity (Wildman–Crippen MR) is 62.7 cm³/mol. The van der Waals surface area contributed by atoms with Crippen LogP contribution >= 0.6 is 8.60 Å². The molecule has 0 aromatic carbocycles. The molecule has 2 fully saturated rings. The summed E-state index contributed by atoms with van der Waals surface area (Å²) in [6, 6.07) is 0. The summed E-state index contributed by atoms with van der Waals surface area (Å²) in [6.45, 7) is 1.25. The standard InChI is InChI=1S/C12H22O3P.Na/c13-16(14-9-11-5-1-2-6-11)15-10-12-7-3-4-8-12;/h11-12H,1-10H2;/q-1;+1. The molecule has 0 aromatic rings. The van der Waals surface area contributed by atoms with Crippen LogP contribution in [0.1, 0.15) is 51.4 Å². The first-order valence-corrected chi connectivity index (χ1v) is 7.67. The monoisotopic (exact) mass is 268 g/mol. The molecule has 2 rings (SSSR count).